The first-order valence-electron chi connectivity index (χ1n) is 9.00. The summed E-state index contributed by atoms with van der Waals surface area (Å²) in [5, 5.41) is 14.0. The quantitative estimate of drug-likeness (QED) is 0.664. The Balaban J connectivity index is 0.000000399. The Morgan fingerprint density at radius 3 is 1.69 bits per heavy atom. The fourth-order valence-corrected chi connectivity index (χ4v) is 2.48. The van der Waals surface area contributed by atoms with Crippen LogP contribution in [0.25, 0.3) is 0 Å². The lowest BCUT2D eigenvalue weighted by atomic mass is 10.2. The summed E-state index contributed by atoms with van der Waals surface area (Å²) in [5.41, 5.74) is 5.40. The smallest absolute Gasteiger partial charge is 0.333 e. The number of likely N-dealkylation sites (N-methyl/N-ethyl adjacent to an activating group) is 2. The third kappa shape index (κ3) is 9.75. The van der Waals surface area contributed by atoms with Crippen molar-refractivity contribution in [3.05, 3.63) is 34.9 Å². The van der Waals surface area contributed by atoms with Gasteiger partial charge in [0.15, 0.2) is 0 Å². The molecule has 0 atom stereocenters. The first-order valence-corrected chi connectivity index (χ1v) is 9.00. The van der Waals surface area contributed by atoms with E-state index in [0.29, 0.717) is 18.7 Å². The van der Waals surface area contributed by atoms with Gasteiger partial charge in [-0.3, -0.25) is 19.8 Å². The summed E-state index contributed by atoms with van der Waals surface area (Å²) in [6.07, 6.45) is 5.53. The van der Waals surface area contributed by atoms with Crippen LogP contribution >= 0.6 is 0 Å². The number of allylic oxidation sites excluding steroid dienone is 3. The summed E-state index contributed by atoms with van der Waals surface area (Å²) in [7, 11) is 3.57. The molecule has 0 saturated heterocycles. The molecule has 3 N–H and O–H groups in total. The summed E-state index contributed by atoms with van der Waals surface area (Å²) in [5.74, 6) is -0.892. The molecule has 0 fully saturated rings. The van der Waals surface area contributed by atoms with E-state index < -0.39 is 5.97 Å². The van der Waals surface area contributed by atoms with Crippen molar-refractivity contribution in [3.63, 3.8) is 0 Å². The van der Waals surface area contributed by atoms with Crippen molar-refractivity contribution < 1.29 is 14.7 Å². The van der Waals surface area contributed by atoms with Crippen molar-refractivity contribution >= 4 is 29.0 Å². The zero-order valence-electron chi connectivity index (χ0n) is 17.2. The normalized spacial score (nSPS) is 16.3. The molecule has 0 bridgehead atoms. The third-order valence-corrected chi connectivity index (χ3v) is 3.91. The van der Waals surface area contributed by atoms with Crippen molar-refractivity contribution in [2.24, 2.45) is 15.0 Å². The molecule has 8 nitrogen and oxygen atoms in total. The first-order chi connectivity index (χ1) is 13.3. The van der Waals surface area contributed by atoms with Gasteiger partial charge in [0.05, 0.1) is 25.2 Å². The van der Waals surface area contributed by atoms with Crippen LogP contribution in [0.2, 0.25) is 0 Å². The van der Waals surface area contributed by atoms with Gasteiger partial charge in [0, 0.05) is 36.3 Å². The topological polar surface area (TPSA) is 116 Å². The molecule has 3 aliphatic rings. The van der Waals surface area contributed by atoms with Crippen LogP contribution in [0.15, 0.2) is 49.9 Å². The molecular weight excluding hydrogens is 370 g/mol. The van der Waals surface area contributed by atoms with E-state index in [4.69, 9.17) is 5.11 Å². The molecule has 3 heterocycles. The molecule has 0 aromatic rings. The van der Waals surface area contributed by atoms with Crippen molar-refractivity contribution in [2.45, 2.75) is 28.2 Å². The minimum Gasteiger partial charge on any atom is -0.478 e. The summed E-state index contributed by atoms with van der Waals surface area (Å²) >= 11 is 0. The third-order valence-electron chi connectivity index (χ3n) is 3.91. The highest BCUT2D eigenvalue weighted by Crippen LogP contribution is 2.05. The average molecular weight is 404 g/mol. The second-order valence-corrected chi connectivity index (χ2v) is 6.43. The lowest BCUT2D eigenvalue weighted by Gasteiger charge is -1.95. The van der Waals surface area contributed by atoms with Crippen LogP contribution in [-0.2, 0) is 9.59 Å². The molecule has 29 heavy (non-hydrogen) atoms. The zero-order valence-corrected chi connectivity index (χ0v) is 17.2. The van der Waals surface area contributed by atoms with Gasteiger partial charge in [-0.1, -0.05) is 7.43 Å². The van der Waals surface area contributed by atoms with Crippen molar-refractivity contribution in [3.8, 4) is 0 Å². The van der Waals surface area contributed by atoms with E-state index in [1.165, 1.54) is 5.57 Å². The number of hydrogen-bond acceptors (Lipinski definition) is 6. The van der Waals surface area contributed by atoms with Crippen molar-refractivity contribution in [1.82, 2.24) is 10.6 Å². The largest absolute Gasteiger partial charge is 0.478 e. The van der Waals surface area contributed by atoms with Crippen LogP contribution in [0.1, 0.15) is 28.2 Å². The molecule has 3 rings (SSSR count). The minimum atomic E-state index is -0.865. The number of aliphatic carboxylic acids is 1. The Kier molecular flexibility index (Phi) is 12.0. The van der Waals surface area contributed by atoms with Crippen LogP contribution in [0.3, 0.4) is 0 Å². The van der Waals surface area contributed by atoms with E-state index in [2.05, 4.69) is 31.7 Å². The van der Waals surface area contributed by atoms with Gasteiger partial charge in [-0.05, 0) is 51.6 Å². The minimum absolute atomic E-state index is 0. The first kappa shape index (κ1) is 26.1. The number of carboxylic acid groups (broad SMARTS) is 1. The van der Waals surface area contributed by atoms with E-state index >= 15 is 0 Å². The van der Waals surface area contributed by atoms with Crippen LogP contribution in [0.4, 0.5) is 0 Å². The maximum Gasteiger partial charge on any atom is 0.333 e. The van der Waals surface area contributed by atoms with Gasteiger partial charge in [0.2, 0.25) is 5.91 Å². The van der Waals surface area contributed by atoms with Gasteiger partial charge in [0.25, 0.3) is 0 Å². The summed E-state index contributed by atoms with van der Waals surface area (Å²) in [6.45, 7) is 8.44. The Hall–Kier alpha value is -2.87. The van der Waals surface area contributed by atoms with E-state index in [0.717, 1.165) is 35.8 Å². The zero-order chi connectivity index (χ0) is 21.1. The molecule has 0 saturated carbocycles. The molecule has 0 aliphatic carbocycles. The summed E-state index contributed by atoms with van der Waals surface area (Å²) in [6, 6.07) is 0. The van der Waals surface area contributed by atoms with E-state index in [1.807, 2.05) is 20.9 Å². The van der Waals surface area contributed by atoms with Crippen molar-refractivity contribution in [2.75, 3.05) is 40.3 Å². The maximum atomic E-state index is 10.9. The van der Waals surface area contributed by atoms with Crippen molar-refractivity contribution in [1.29, 1.82) is 0 Å². The van der Waals surface area contributed by atoms with Gasteiger partial charge >= 0.3 is 5.97 Å². The molecule has 0 aromatic heterocycles. The van der Waals surface area contributed by atoms with E-state index in [1.54, 1.807) is 26.1 Å². The maximum absolute atomic E-state index is 10.9. The molecule has 0 spiro atoms. The number of hydrogen-bond donors (Lipinski definition) is 3. The van der Waals surface area contributed by atoms with Gasteiger partial charge in [-0.25, -0.2) is 4.79 Å². The second kappa shape index (κ2) is 13.3. The second-order valence-electron chi connectivity index (χ2n) is 6.43. The predicted octanol–water partition coefficient (Wildman–Crippen LogP) is 1.85. The predicted molar refractivity (Wildman–Crippen MR) is 121 cm³/mol. The van der Waals surface area contributed by atoms with Crippen LogP contribution in [0.5, 0.6) is 0 Å². The number of carbonyl (C=O) groups is 2. The van der Waals surface area contributed by atoms with Gasteiger partial charge < -0.3 is 15.7 Å². The summed E-state index contributed by atoms with van der Waals surface area (Å²) in [4.78, 5) is 33.3. The Labute approximate surface area is 173 Å². The molecule has 0 unspecified atom stereocenters. The number of rotatable bonds is 4. The highest BCUT2D eigenvalue weighted by Gasteiger charge is 2.11. The fourth-order valence-electron chi connectivity index (χ4n) is 2.48. The van der Waals surface area contributed by atoms with Crippen LogP contribution < -0.4 is 10.6 Å². The number of nitrogens with one attached hydrogen (secondary N) is 2. The van der Waals surface area contributed by atoms with E-state index in [-0.39, 0.29) is 13.3 Å². The van der Waals surface area contributed by atoms with E-state index in [9.17, 15) is 9.59 Å². The monoisotopic (exact) mass is 403 g/mol. The van der Waals surface area contributed by atoms with Crippen LogP contribution in [0, 0.1) is 0 Å². The lowest BCUT2D eigenvalue weighted by molar-refractivity contribution is -0.132. The van der Waals surface area contributed by atoms with Gasteiger partial charge in [-0.15, -0.1) is 0 Å². The highest BCUT2D eigenvalue weighted by atomic mass is 16.4. The molecule has 160 valence electrons. The van der Waals surface area contributed by atoms with Gasteiger partial charge in [0.1, 0.15) is 0 Å². The molecule has 8 heteroatoms. The molecular formula is C21H33N5O3. The summed E-state index contributed by atoms with van der Waals surface area (Å²) < 4.78 is 0. The number of aliphatic imine (C=N–C) groups is 3. The molecule has 0 radical (unpaired) electrons. The van der Waals surface area contributed by atoms with Gasteiger partial charge in [-0.2, -0.15) is 0 Å². The lowest BCUT2D eigenvalue weighted by Crippen LogP contribution is -2.20. The number of carboxylic acids is 1. The standard InChI is InChI=1S/C7H10N2O.C7H12N2.C6H7NO2.CH4/c1-5-3-6(4-9-5)7(10)8-2;1-6-3-7(4-8-2)5-9-6;1-4-2-5(3-7-4)6(8)9;/h3H,4H2,1-2H3,(H,8,10);3,8H,4-5H2,1-2H3;2H,3H2,1H3,(H,8,9);1H4. The highest BCUT2D eigenvalue weighted by molar-refractivity contribution is 6.06. The molecule has 3 aliphatic heterocycles. The number of amides is 1. The Morgan fingerprint density at radius 1 is 0.897 bits per heavy atom. The molecule has 1 amide bonds. The SMILES string of the molecule is C.CC1=NCC(C(=O)O)=C1.CNC(=O)C1=CC(C)=NC1.CNCC1=CC(C)=NC1. The Morgan fingerprint density at radius 2 is 1.38 bits per heavy atom. The number of carbonyl (C=O) groups excluding carboxylic acids is 1. The number of nitrogens with zero attached hydrogens (tertiary/aromatic N) is 3. The molecule has 0 aromatic carbocycles. The fraction of sp³-hybridized carbons (Fsp3) is 0.476. The Bertz CT molecular complexity index is 786. The van der Waals surface area contributed by atoms with Crippen LogP contribution in [-0.4, -0.2) is 74.4 Å². The average Bonchev–Trinajstić information content (AvgIpc) is 3.38.